The number of hydrogen-bond donors (Lipinski definition) is 0. The fourth-order valence-electron chi connectivity index (χ4n) is 6.78. The molecule has 23 heavy (non-hydrogen) atoms. The Morgan fingerprint density at radius 3 is 2.65 bits per heavy atom. The first kappa shape index (κ1) is 15.9. The molecule has 0 aromatic heterocycles. The molecule has 4 rings (SSSR count). The van der Waals surface area contributed by atoms with Crippen molar-refractivity contribution >= 4 is 5.78 Å². The van der Waals surface area contributed by atoms with Crippen molar-refractivity contribution in [2.24, 2.45) is 28.6 Å². The molecule has 0 bridgehead atoms. The minimum atomic E-state index is 0.00535. The van der Waals surface area contributed by atoms with Gasteiger partial charge < -0.3 is 4.74 Å². The Labute approximate surface area is 141 Å². The maximum atomic E-state index is 12.5. The average Bonchev–Trinajstić information content (AvgIpc) is 2.84. The molecular formula is C21H32O2. The van der Waals surface area contributed by atoms with Gasteiger partial charge in [0.05, 0.1) is 6.10 Å². The lowest BCUT2D eigenvalue weighted by molar-refractivity contribution is -0.132. The number of ketones is 1. The van der Waals surface area contributed by atoms with Gasteiger partial charge in [-0.3, -0.25) is 4.79 Å². The summed E-state index contributed by atoms with van der Waals surface area (Å²) in [6.45, 7) is 7.75. The van der Waals surface area contributed by atoms with E-state index in [0.29, 0.717) is 23.2 Å². The van der Waals surface area contributed by atoms with Crippen LogP contribution in [0.5, 0.6) is 0 Å². The van der Waals surface area contributed by atoms with Crippen LogP contribution in [0.3, 0.4) is 0 Å². The third kappa shape index (κ3) is 2.20. The molecule has 0 aliphatic heterocycles. The number of carbonyl (C=O) groups is 1. The van der Waals surface area contributed by atoms with Crippen LogP contribution in [0.15, 0.2) is 11.6 Å². The zero-order valence-corrected chi connectivity index (χ0v) is 15.1. The van der Waals surface area contributed by atoms with Gasteiger partial charge in [0, 0.05) is 18.4 Å². The van der Waals surface area contributed by atoms with Crippen LogP contribution in [0.25, 0.3) is 0 Å². The van der Waals surface area contributed by atoms with E-state index in [0.717, 1.165) is 44.1 Å². The van der Waals surface area contributed by atoms with Crippen LogP contribution in [0.1, 0.15) is 72.1 Å². The summed E-state index contributed by atoms with van der Waals surface area (Å²) in [5.74, 6) is 2.75. The summed E-state index contributed by atoms with van der Waals surface area (Å²) in [5, 5.41) is 0. The molecule has 0 heterocycles. The van der Waals surface area contributed by atoms with Crippen LogP contribution in [0.2, 0.25) is 0 Å². The van der Waals surface area contributed by atoms with E-state index >= 15 is 0 Å². The summed E-state index contributed by atoms with van der Waals surface area (Å²) >= 11 is 0. The summed E-state index contributed by atoms with van der Waals surface area (Å²) in [6, 6.07) is 0. The van der Waals surface area contributed by atoms with E-state index in [1.54, 1.807) is 5.57 Å². The molecule has 0 spiro atoms. The maximum absolute atomic E-state index is 12.5. The normalized spacial score (nSPS) is 49.2. The molecule has 0 aromatic rings. The molecule has 0 radical (unpaired) electrons. The van der Waals surface area contributed by atoms with E-state index in [2.05, 4.69) is 26.8 Å². The van der Waals surface area contributed by atoms with Gasteiger partial charge in [-0.1, -0.05) is 25.5 Å². The van der Waals surface area contributed by atoms with Crippen LogP contribution < -0.4 is 0 Å². The molecule has 4 aliphatic carbocycles. The molecule has 0 unspecified atom stereocenters. The second-order valence-corrected chi connectivity index (χ2v) is 9.00. The molecule has 0 N–H and O–H groups in total. The Hall–Kier alpha value is -0.630. The standard InChI is InChI=1S/C21H32O2/c1-4-23-15-9-11-20(2)14(13-15)5-6-16-17-7-8-19(22)21(17,3)12-10-18(16)20/h5,15-18H,4,6-13H2,1-3H3/t15-,16-,17-,18-,20-,21-/m0/s1. The van der Waals surface area contributed by atoms with Crippen LogP contribution >= 0.6 is 0 Å². The van der Waals surface area contributed by atoms with Crippen molar-refractivity contribution < 1.29 is 9.53 Å². The number of fused-ring (bicyclic) bond motifs is 5. The van der Waals surface area contributed by atoms with Gasteiger partial charge in [0.15, 0.2) is 0 Å². The third-order valence-corrected chi connectivity index (χ3v) is 8.17. The van der Waals surface area contributed by atoms with Crippen LogP contribution in [-0.2, 0) is 9.53 Å². The van der Waals surface area contributed by atoms with Gasteiger partial charge in [-0.05, 0) is 75.0 Å². The summed E-state index contributed by atoms with van der Waals surface area (Å²) < 4.78 is 5.93. The minimum Gasteiger partial charge on any atom is -0.378 e. The molecule has 0 saturated heterocycles. The van der Waals surface area contributed by atoms with E-state index in [1.165, 1.54) is 25.7 Å². The fraction of sp³-hybridized carbons (Fsp3) is 0.857. The molecule has 2 heteroatoms. The molecule has 3 saturated carbocycles. The molecular weight excluding hydrogens is 284 g/mol. The molecule has 6 atom stereocenters. The highest BCUT2D eigenvalue weighted by molar-refractivity contribution is 5.87. The second-order valence-electron chi connectivity index (χ2n) is 9.00. The third-order valence-electron chi connectivity index (χ3n) is 8.17. The van der Waals surface area contributed by atoms with E-state index in [-0.39, 0.29) is 5.41 Å². The zero-order chi connectivity index (χ0) is 16.2. The van der Waals surface area contributed by atoms with Crippen molar-refractivity contribution in [3.05, 3.63) is 11.6 Å². The number of hydrogen-bond acceptors (Lipinski definition) is 2. The van der Waals surface area contributed by atoms with Gasteiger partial charge in [0.25, 0.3) is 0 Å². The van der Waals surface area contributed by atoms with Crippen molar-refractivity contribution in [3.8, 4) is 0 Å². The number of ether oxygens (including phenoxy) is 1. The monoisotopic (exact) mass is 316 g/mol. The van der Waals surface area contributed by atoms with Crippen molar-refractivity contribution in [1.82, 2.24) is 0 Å². The van der Waals surface area contributed by atoms with E-state index in [9.17, 15) is 4.79 Å². The Bertz CT molecular complexity index is 536. The van der Waals surface area contributed by atoms with Crippen LogP contribution in [-0.4, -0.2) is 18.5 Å². The molecule has 0 aromatic carbocycles. The first-order valence-corrected chi connectivity index (χ1v) is 9.83. The smallest absolute Gasteiger partial charge is 0.139 e. The van der Waals surface area contributed by atoms with Gasteiger partial charge in [-0.15, -0.1) is 0 Å². The number of allylic oxidation sites excluding steroid dienone is 1. The van der Waals surface area contributed by atoms with E-state index < -0.39 is 0 Å². The van der Waals surface area contributed by atoms with Gasteiger partial charge in [0.1, 0.15) is 5.78 Å². The number of carbonyl (C=O) groups excluding carboxylic acids is 1. The average molecular weight is 316 g/mol. The number of Topliss-reactive ketones (excluding diaryl/α,β-unsaturated/α-hetero) is 1. The Kier molecular flexibility index (Phi) is 3.75. The molecule has 4 aliphatic rings. The summed E-state index contributed by atoms with van der Waals surface area (Å²) in [5.41, 5.74) is 2.06. The predicted molar refractivity (Wildman–Crippen MR) is 92.1 cm³/mol. The Morgan fingerprint density at radius 2 is 1.87 bits per heavy atom. The zero-order valence-electron chi connectivity index (χ0n) is 15.1. The fourth-order valence-corrected chi connectivity index (χ4v) is 6.78. The largest absolute Gasteiger partial charge is 0.378 e. The lowest BCUT2D eigenvalue weighted by Gasteiger charge is -2.57. The summed E-state index contributed by atoms with van der Waals surface area (Å²) in [7, 11) is 0. The first-order chi connectivity index (χ1) is 11.0. The van der Waals surface area contributed by atoms with Crippen LogP contribution in [0, 0.1) is 28.6 Å². The van der Waals surface area contributed by atoms with E-state index in [1.807, 2.05) is 0 Å². The highest BCUT2D eigenvalue weighted by Gasteiger charge is 2.58. The van der Waals surface area contributed by atoms with E-state index in [4.69, 9.17) is 4.74 Å². The van der Waals surface area contributed by atoms with Gasteiger partial charge >= 0.3 is 0 Å². The lowest BCUT2D eigenvalue weighted by atomic mass is 9.48. The van der Waals surface area contributed by atoms with Gasteiger partial charge in [0.2, 0.25) is 0 Å². The minimum absolute atomic E-state index is 0.00535. The first-order valence-electron chi connectivity index (χ1n) is 9.83. The van der Waals surface area contributed by atoms with Gasteiger partial charge in [-0.2, -0.15) is 0 Å². The highest BCUT2D eigenvalue weighted by Crippen LogP contribution is 2.64. The van der Waals surface area contributed by atoms with Crippen molar-refractivity contribution in [3.63, 3.8) is 0 Å². The molecule has 0 amide bonds. The molecule has 3 fully saturated rings. The second kappa shape index (κ2) is 5.44. The number of rotatable bonds is 2. The summed E-state index contributed by atoms with van der Waals surface area (Å²) in [6.07, 6.45) is 12.2. The van der Waals surface area contributed by atoms with Crippen molar-refractivity contribution in [2.75, 3.05) is 6.61 Å². The quantitative estimate of drug-likeness (QED) is 0.676. The molecule has 128 valence electrons. The van der Waals surface area contributed by atoms with Crippen molar-refractivity contribution in [2.45, 2.75) is 78.2 Å². The summed E-state index contributed by atoms with van der Waals surface area (Å²) in [4.78, 5) is 12.5. The predicted octanol–water partition coefficient (Wildman–Crippen LogP) is 4.92. The highest BCUT2D eigenvalue weighted by atomic mass is 16.5. The SMILES string of the molecule is CCO[C@H]1CC[C@@]2(C)C(=CC[C@@H]3[C@@H]2CC[C@]2(C)C(=O)CC[C@@H]32)C1. The topological polar surface area (TPSA) is 26.3 Å². The molecule has 2 nitrogen and oxygen atoms in total. The van der Waals surface area contributed by atoms with Crippen LogP contribution in [0.4, 0.5) is 0 Å². The Balaban J connectivity index is 1.61. The van der Waals surface area contributed by atoms with Crippen molar-refractivity contribution in [1.29, 1.82) is 0 Å². The maximum Gasteiger partial charge on any atom is 0.139 e. The lowest BCUT2D eigenvalue weighted by Crippen LogP contribution is -2.50. The Morgan fingerprint density at radius 1 is 1.13 bits per heavy atom. The van der Waals surface area contributed by atoms with Gasteiger partial charge in [-0.25, -0.2) is 0 Å².